The van der Waals surface area contributed by atoms with Crippen LogP contribution in [-0.4, -0.2) is 16.1 Å². The fourth-order valence-electron chi connectivity index (χ4n) is 1.74. The average molecular weight is 262 g/mol. The second kappa shape index (κ2) is 5.51. The van der Waals surface area contributed by atoms with Crippen molar-refractivity contribution in [2.75, 3.05) is 10.6 Å². The molecule has 0 aliphatic rings. The van der Waals surface area contributed by atoms with Gasteiger partial charge in [0, 0.05) is 18.8 Å². The number of H-pyrrole nitrogens is 1. The van der Waals surface area contributed by atoms with Crippen LogP contribution in [-0.2, 0) is 4.79 Å². The van der Waals surface area contributed by atoms with Crippen molar-refractivity contribution in [1.29, 1.82) is 0 Å². The van der Waals surface area contributed by atoms with Crippen molar-refractivity contribution in [1.82, 2.24) is 10.2 Å². The van der Waals surface area contributed by atoms with Gasteiger partial charge in [0.15, 0.2) is 0 Å². The number of hydrogen-bond donors (Lipinski definition) is 3. The van der Waals surface area contributed by atoms with Crippen LogP contribution in [0.5, 0.6) is 0 Å². The first-order valence-electron chi connectivity index (χ1n) is 5.89. The topological polar surface area (TPSA) is 69.8 Å². The maximum atomic E-state index is 13.7. The summed E-state index contributed by atoms with van der Waals surface area (Å²) < 4.78 is 13.7. The van der Waals surface area contributed by atoms with Gasteiger partial charge in [-0.25, -0.2) is 4.39 Å². The summed E-state index contributed by atoms with van der Waals surface area (Å²) >= 11 is 0. The molecular formula is C13H15FN4O. The van der Waals surface area contributed by atoms with Crippen LogP contribution in [0.15, 0.2) is 30.5 Å². The number of carbonyl (C=O) groups excluding carboxylic acids is 1. The summed E-state index contributed by atoms with van der Waals surface area (Å²) in [5, 5.41) is 12.3. The molecule has 1 amide bonds. The minimum atomic E-state index is -0.375. The second-order valence-corrected chi connectivity index (χ2v) is 4.25. The molecule has 0 saturated heterocycles. The number of benzene rings is 1. The maximum Gasteiger partial charge on any atom is 0.221 e. The van der Waals surface area contributed by atoms with E-state index in [1.165, 1.54) is 19.1 Å². The van der Waals surface area contributed by atoms with Crippen LogP contribution in [0.4, 0.5) is 15.8 Å². The lowest BCUT2D eigenvalue weighted by Gasteiger charge is -2.15. The van der Waals surface area contributed by atoms with Gasteiger partial charge in [-0.15, -0.1) is 0 Å². The summed E-state index contributed by atoms with van der Waals surface area (Å²) in [6.45, 7) is 3.29. The predicted molar refractivity (Wildman–Crippen MR) is 71.3 cm³/mol. The highest BCUT2D eigenvalue weighted by Gasteiger charge is 2.10. The van der Waals surface area contributed by atoms with Gasteiger partial charge in [-0.05, 0) is 31.2 Å². The molecule has 3 N–H and O–H groups in total. The van der Waals surface area contributed by atoms with Crippen LogP contribution in [0, 0.1) is 5.82 Å². The van der Waals surface area contributed by atoms with Crippen LogP contribution in [0.25, 0.3) is 0 Å². The van der Waals surface area contributed by atoms with E-state index in [4.69, 9.17) is 0 Å². The Morgan fingerprint density at radius 2 is 2.21 bits per heavy atom. The molecule has 0 aliphatic carbocycles. The van der Waals surface area contributed by atoms with Gasteiger partial charge in [-0.2, -0.15) is 5.10 Å². The summed E-state index contributed by atoms with van der Waals surface area (Å²) in [6, 6.07) is 6.08. The van der Waals surface area contributed by atoms with Gasteiger partial charge in [-0.1, -0.05) is 0 Å². The van der Waals surface area contributed by atoms with E-state index in [-0.39, 0.29) is 17.8 Å². The van der Waals surface area contributed by atoms with Crippen LogP contribution in [0.3, 0.4) is 0 Å². The molecule has 0 saturated carbocycles. The normalized spacial score (nSPS) is 11.9. The van der Waals surface area contributed by atoms with E-state index in [0.29, 0.717) is 11.4 Å². The molecule has 2 aromatic rings. The van der Waals surface area contributed by atoms with Crippen molar-refractivity contribution in [3.8, 4) is 0 Å². The standard InChI is InChI=1S/C13H15FN4O/c1-8(12-5-6-15-18-12)16-13-7-10(17-9(2)19)3-4-11(13)14/h3-8,16H,1-2H3,(H,15,18)(H,17,19). The first-order chi connectivity index (χ1) is 9.06. The number of aromatic amines is 1. The summed E-state index contributed by atoms with van der Waals surface area (Å²) in [7, 11) is 0. The van der Waals surface area contributed by atoms with Gasteiger partial charge < -0.3 is 10.6 Å². The second-order valence-electron chi connectivity index (χ2n) is 4.25. The molecule has 5 nitrogen and oxygen atoms in total. The molecule has 1 atom stereocenters. The van der Waals surface area contributed by atoms with Crippen LogP contribution >= 0.6 is 0 Å². The lowest BCUT2D eigenvalue weighted by atomic mass is 10.2. The number of halogens is 1. The fourth-order valence-corrected chi connectivity index (χ4v) is 1.74. The van der Waals surface area contributed by atoms with E-state index in [2.05, 4.69) is 20.8 Å². The SMILES string of the molecule is CC(=O)Nc1ccc(F)c(NC(C)c2ccn[nH]2)c1. The summed E-state index contributed by atoms with van der Waals surface area (Å²) in [6.07, 6.45) is 1.64. The first kappa shape index (κ1) is 13.1. The highest BCUT2D eigenvalue weighted by atomic mass is 19.1. The first-order valence-corrected chi connectivity index (χ1v) is 5.89. The van der Waals surface area contributed by atoms with Gasteiger partial charge in [-0.3, -0.25) is 9.89 Å². The molecule has 1 aromatic heterocycles. The molecule has 1 aromatic carbocycles. The minimum absolute atomic E-state index is 0.121. The maximum absolute atomic E-state index is 13.7. The Balaban J connectivity index is 2.17. The van der Waals surface area contributed by atoms with Crippen LogP contribution in [0.2, 0.25) is 0 Å². The molecule has 1 heterocycles. The number of amides is 1. The third kappa shape index (κ3) is 3.31. The fraction of sp³-hybridized carbons (Fsp3) is 0.231. The Labute approximate surface area is 110 Å². The summed E-state index contributed by atoms with van der Waals surface area (Å²) in [5.74, 6) is -0.570. The van der Waals surface area contributed by atoms with E-state index in [9.17, 15) is 9.18 Å². The number of anilines is 2. The zero-order valence-electron chi connectivity index (χ0n) is 10.7. The molecule has 6 heteroatoms. The van der Waals surface area contributed by atoms with Crippen LogP contribution < -0.4 is 10.6 Å². The molecule has 100 valence electrons. The molecule has 2 rings (SSSR count). The van der Waals surface area contributed by atoms with Gasteiger partial charge >= 0.3 is 0 Å². The van der Waals surface area contributed by atoms with E-state index in [0.717, 1.165) is 5.69 Å². The molecule has 0 bridgehead atoms. The molecule has 1 unspecified atom stereocenters. The zero-order valence-corrected chi connectivity index (χ0v) is 10.7. The van der Waals surface area contributed by atoms with E-state index in [1.807, 2.05) is 13.0 Å². The van der Waals surface area contributed by atoms with Crippen molar-refractivity contribution >= 4 is 17.3 Å². The van der Waals surface area contributed by atoms with E-state index >= 15 is 0 Å². The van der Waals surface area contributed by atoms with Crippen molar-refractivity contribution < 1.29 is 9.18 Å². The van der Waals surface area contributed by atoms with E-state index < -0.39 is 0 Å². The molecule has 0 fully saturated rings. The smallest absolute Gasteiger partial charge is 0.221 e. The number of hydrogen-bond acceptors (Lipinski definition) is 3. The van der Waals surface area contributed by atoms with Gasteiger partial charge in [0.1, 0.15) is 5.82 Å². The number of carbonyl (C=O) groups is 1. The Morgan fingerprint density at radius 1 is 1.42 bits per heavy atom. The van der Waals surface area contributed by atoms with Crippen molar-refractivity contribution in [3.63, 3.8) is 0 Å². The highest BCUT2D eigenvalue weighted by Crippen LogP contribution is 2.23. The zero-order chi connectivity index (χ0) is 13.8. The summed E-state index contributed by atoms with van der Waals surface area (Å²) in [5.41, 5.74) is 1.73. The molecule has 19 heavy (non-hydrogen) atoms. The summed E-state index contributed by atoms with van der Waals surface area (Å²) in [4.78, 5) is 11.0. The molecule has 0 aliphatic heterocycles. The predicted octanol–water partition coefficient (Wildman–Crippen LogP) is 2.68. The third-order valence-electron chi connectivity index (χ3n) is 2.65. The van der Waals surface area contributed by atoms with E-state index in [1.54, 1.807) is 12.3 Å². The Kier molecular flexibility index (Phi) is 3.79. The number of aromatic nitrogens is 2. The van der Waals surface area contributed by atoms with Crippen molar-refractivity contribution in [2.45, 2.75) is 19.9 Å². The third-order valence-corrected chi connectivity index (χ3v) is 2.65. The number of rotatable bonds is 4. The lowest BCUT2D eigenvalue weighted by Crippen LogP contribution is -2.10. The Morgan fingerprint density at radius 3 is 2.84 bits per heavy atom. The van der Waals surface area contributed by atoms with Crippen LogP contribution in [0.1, 0.15) is 25.6 Å². The molecular weight excluding hydrogens is 247 g/mol. The molecule has 0 spiro atoms. The molecule has 0 radical (unpaired) electrons. The van der Waals surface area contributed by atoms with Gasteiger partial charge in [0.2, 0.25) is 5.91 Å². The number of nitrogens with one attached hydrogen (secondary N) is 3. The van der Waals surface area contributed by atoms with Crippen molar-refractivity contribution in [2.24, 2.45) is 0 Å². The average Bonchev–Trinajstić information content (AvgIpc) is 2.86. The lowest BCUT2D eigenvalue weighted by molar-refractivity contribution is -0.114. The monoisotopic (exact) mass is 262 g/mol. The van der Waals surface area contributed by atoms with Gasteiger partial charge in [0.05, 0.1) is 17.4 Å². The quantitative estimate of drug-likeness (QED) is 0.793. The largest absolute Gasteiger partial charge is 0.375 e. The number of nitrogens with zero attached hydrogens (tertiary/aromatic N) is 1. The Bertz CT molecular complexity index is 568. The van der Waals surface area contributed by atoms with Gasteiger partial charge in [0.25, 0.3) is 0 Å². The Hall–Kier alpha value is -2.37. The highest BCUT2D eigenvalue weighted by molar-refractivity contribution is 5.89. The minimum Gasteiger partial charge on any atom is -0.375 e. The van der Waals surface area contributed by atoms with Crippen molar-refractivity contribution in [3.05, 3.63) is 42.0 Å².